The summed E-state index contributed by atoms with van der Waals surface area (Å²) in [5.41, 5.74) is 5.94. The standard InChI is InChI=1S/C22H23F2N5O/c1-13-5-20-26-14(2)8-29(20)19-12-28(11-17(13)19)21(30)6-15-9-27(10-15)16-3-4-25-18(7-16)22(23)24/h3-5,7-8,15,22H,6,9-12H2,1-2H3. The third kappa shape index (κ3) is 3.20. The summed E-state index contributed by atoms with van der Waals surface area (Å²) in [6, 6.07) is 5.25. The maximum atomic E-state index is 12.9. The van der Waals surface area contributed by atoms with Gasteiger partial charge in [-0.25, -0.2) is 13.8 Å². The topological polar surface area (TPSA) is 53.7 Å². The first-order valence-corrected chi connectivity index (χ1v) is 10.1. The molecule has 0 radical (unpaired) electrons. The Balaban J connectivity index is 1.23. The van der Waals surface area contributed by atoms with Crippen LogP contribution in [0.5, 0.6) is 0 Å². The van der Waals surface area contributed by atoms with E-state index in [1.54, 1.807) is 6.07 Å². The summed E-state index contributed by atoms with van der Waals surface area (Å²) in [6.07, 6.45) is 1.34. The van der Waals surface area contributed by atoms with Gasteiger partial charge in [0, 0.05) is 55.7 Å². The maximum absolute atomic E-state index is 12.9. The smallest absolute Gasteiger partial charge is 0.280 e. The third-order valence-corrected chi connectivity index (χ3v) is 6.13. The minimum atomic E-state index is -2.57. The quantitative estimate of drug-likeness (QED) is 0.658. The second kappa shape index (κ2) is 7.04. The van der Waals surface area contributed by atoms with Gasteiger partial charge < -0.3 is 14.2 Å². The molecule has 0 saturated carbocycles. The van der Waals surface area contributed by atoms with Crippen molar-refractivity contribution < 1.29 is 13.6 Å². The number of pyridine rings is 2. The molecular formula is C22H23F2N5O. The number of amides is 1. The largest absolute Gasteiger partial charge is 0.371 e. The average molecular weight is 411 g/mol. The molecule has 1 fully saturated rings. The van der Waals surface area contributed by atoms with E-state index in [1.165, 1.54) is 23.4 Å². The zero-order chi connectivity index (χ0) is 21.0. The fourth-order valence-corrected chi connectivity index (χ4v) is 4.52. The van der Waals surface area contributed by atoms with Gasteiger partial charge in [-0.05, 0) is 43.2 Å². The molecule has 8 heteroatoms. The molecule has 0 N–H and O–H groups in total. The highest BCUT2D eigenvalue weighted by molar-refractivity contribution is 5.78. The van der Waals surface area contributed by atoms with Gasteiger partial charge in [-0.15, -0.1) is 0 Å². The molecule has 3 aromatic heterocycles. The van der Waals surface area contributed by atoms with Crippen LogP contribution in [0.4, 0.5) is 14.5 Å². The van der Waals surface area contributed by atoms with Crippen molar-refractivity contribution in [3.8, 4) is 0 Å². The zero-order valence-electron chi connectivity index (χ0n) is 17.0. The summed E-state index contributed by atoms with van der Waals surface area (Å²) in [7, 11) is 0. The molecule has 0 unspecified atom stereocenters. The number of aryl methyl sites for hydroxylation is 2. The molecule has 1 saturated heterocycles. The number of nitrogens with zero attached hydrogens (tertiary/aromatic N) is 5. The molecule has 0 atom stereocenters. The number of fused-ring (bicyclic) bond motifs is 3. The van der Waals surface area contributed by atoms with Gasteiger partial charge in [-0.1, -0.05) is 0 Å². The van der Waals surface area contributed by atoms with E-state index in [1.807, 2.05) is 22.9 Å². The molecule has 5 heterocycles. The van der Waals surface area contributed by atoms with Crippen molar-refractivity contribution in [3.05, 3.63) is 58.8 Å². The van der Waals surface area contributed by atoms with Crippen LogP contribution in [-0.4, -0.2) is 38.3 Å². The first-order valence-electron chi connectivity index (χ1n) is 10.1. The Hall–Kier alpha value is -3.03. The van der Waals surface area contributed by atoms with Crippen molar-refractivity contribution in [2.24, 2.45) is 5.92 Å². The highest BCUT2D eigenvalue weighted by atomic mass is 19.3. The van der Waals surface area contributed by atoms with Crippen molar-refractivity contribution in [2.75, 3.05) is 18.0 Å². The van der Waals surface area contributed by atoms with Crippen LogP contribution in [0.3, 0.4) is 0 Å². The maximum Gasteiger partial charge on any atom is 0.280 e. The van der Waals surface area contributed by atoms with Crippen LogP contribution in [0.15, 0.2) is 30.6 Å². The Morgan fingerprint density at radius 1 is 1.23 bits per heavy atom. The first kappa shape index (κ1) is 19.0. The Morgan fingerprint density at radius 3 is 2.80 bits per heavy atom. The number of imidazole rings is 1. The number of carbonyl (C=O) groups excluding carboxylic acids is 1. The molecular weight excluding hydrogens is 388 g/mol. The van der Waals surface area contributed by atoms with E-state index in [9.17, 15) is 13.6 Å². The van der Waals surface area contributed by atoms with E-state index in [-0.39, 0.29) is 17.5 Å². The second-order valence-electron chi connectivity index (χ2n) is 8.33. The Labute approximate surface area is 173 Å². The number of aromatic nitrogens is 3. The number of rotatable bonds is 4. The predicted molar refractivity (Wildman–Crippen MR) is 108 cm³/mol. The van der Waals surface area contributed by atoms with E-state index >= 15 is 0 Å². The van der Waals surface area contributed by atoms with Crippen molar-refractivity contribution in [3.63, 3.8) is 0 Å². The van der Waals surface area contributed by atoms with Gasteiger partial charge in [0.25, 0.3) is 6.43 Å². The number of alkyl halides is 2. The summed E-state index contributed by atoms with van der Waals surface area (Å²) in [5.74, 6) is 0.379. The lowest BCUT2D eigenvalue weighted by Gasteiger charge is -2.41. The van der Waals surface area contributed by atoms with Gasteiger partial charge in [0.2, 0.25) is 5.91 Å². The van der Waals surface area contributed by atoms with E-state index in [0.29, 0.717) is 32.6 Å². The zero-order valence-corrected chi connectivity index (χ0v) is 17.0. The fraction of sp³-hybridized carbons (Fsp3) is 0.409. The van der Waals surface area contributed by atoms with Crippen molar-refractivity contribution >= 4 is 17.2 Å². The van der Waals surface area contributed by atoms with Crippen LogP contribution in [0, 0.1) is 19.8 Å². The molecule has 2 aliphatic heterocycles. The normalized spacial score (nSPS) is 16.4. The molecule has 156 valence electrons. The first-order chi connectivity index (χ1) is 14.4. The van der Waals surface area contributed by atoms with Crippen LogP contribution in [-0.2, 0) is 17.9 Å². The number of carbonyl (C=O) groups is 1. The van der Waals surface area contributed by atoms with Gasteiger partial charge in [0.1, 0.15) is 11.3 Å². The minimum absolute atomic E-state index is 0.142. The molecule has 0 aliphatic carbocycles. The van der Waals surface area contributed by atoms with Crippen molar-refractivity contribution in [2.45, 2.75) is 39.8 Å². The summed E-state index contributed by atoms with van der Waals surface area (Å²) in [4.78, 5) is 25.1. The summed E-state index contributed by atoms with van der Waals surface area (Å²) < 4.78 is 27.8. The van der Waals surface area contributed by atoms with E-state index < -0.39 is 6.43 Å². The highest BCUT2D eigenvalue weighted by Crippen LogP contribution is 2.32. The van der Waals surface area contributed by atoms with Crippen LogP contribution in [0.2, 0.25) is 0 Å². The second-order valence-corrected chi connectivity index (χ2v) is 8.33. The Morgan fingerprint density at radius 2 is 2.03 bits per heavy atom. The third-order valence-electron chi connectivity index (χ3n) is 6.13. The Kier molecular flexibility index (Phi) is 4.45. The monoisotopic (exact) mass is 411 g/mol. The van der Waals surface area contributed by atoms with Crippen molar-refractivity contribution in [1.82, 2.24) is 19.3 Å². The van der Waals surface area contributed by atoms with E-state index in [4.69, 9.17) is 0 Å². The molecule has 0 spiro atoms. The fourth-order valence-electron chi connectivity index (χ4n) is 4.52. The average Bonchev–Trinajstić information content (AvgIpc) is 3.28. The van der Waals surface area contributed by atoms with Gasteiger partial charge in [-0.2, -0.15) is 0 Å². The Bertz CT molecular complexity index is 1140. The lowest BCUT2D eigenvalue weighted by molar-refractivity contribution is -0.133. The lowest BCUT2D eigenvalue weighted by atomic mass is 9.95. The van der Waals surface area contributed by atoms with Gasteiger partial charge in [-0.3, -0.25) is 9.78 Å². The molecule has 0 aromatic carbocycles. The number of hydrogen-bond donors (Lipinski definition) is 0. The van der Waals surface area contributed by atoms with E-state index in [0.717, 1.165) is 22.7 Å². The molecule has 2 aliphatic rings. The van der Waals surface area contributed by atoms with Gasteiger partial charge >= 0.3 is 0 Å². The summed E-state index contributed by atoms with van der Waals surface area (Å²) in [6.45, 7) is 6.67. The van der Waals surface area contributed by atoms with Crippen LogP contribution >= 0.6 is 0 Å². The van der Waals surface area contributed by atoms with Crippen molar-refractivity contribution in [1.29, 1.82) is 0 Å². The van der Waals surface area contributed by atoms with Crippen LogP contribution < -0.4 is 4.90 Å². The minimum Gasteiger partial charge on any atom is -0.371 e. The molecule has 6 nitrogen and oxygen atoms in total. The number of anilines is 1. The summed E-state index contributed by atoms with van der Waals surface area (Å²) >= 11 is 0. The molecule has 30 heavy (non-hydrogen) atoms. The molecule has 3 aromatic rings. The van der Waals surface area contributed by atoms with Crippen LogP contribution in [0.1, 0.15) is 41.1 Å². The van der Waals surface area contributed by atoms with Gasteiger partial charge in [0.05, 0.1) is 12.2 Å². The SMILES string of the molecule is Cc1cn2c3c(c(C)cc2n1)CN(C(=O)CC1CN(c2ccnc(C(F)F)c2)C1)C3. The molecule has 1 amide bonds. The highest BCUT2D eigenvalue weighted by Gasteiger charge is 2.33. The lowest BCUT2D eigenvalue weighted by Crippen LogP contribution is -2.48. The van der Waals surface area contributed by atoms with Gasteiger partial charge in [0.15, 0.2) is 0 Å². The summed E-state index contributed by atoms with van der Waals surface area (Å²) in [5, 5.41) is 0. The number of hydrogen-bond acceptors (Lipinski definition) is 4. The molecule has 0 bridgehead atoms. The number of halogens is 2. The van der Waals surface area contributed by atoms with E-state index in [2.05, 4.69) is 27.4 Å². The predicted octanol–water partition coefficient (Wildman–Crippen LogP) is 3.65. The van der Waals surface area contributed by atoms with Crippen LogP contribution in [0.25, 0.3) is 5.65 Å². The molecule has 5 rings (SSSR count).